The number of amides is 1. The maximum atomic E-state index is 13.2. The molecule has 2 aromatic carbocycles. The summed E-state index contributed by atoms with van der Waals surface area (Å²) in [5.41, 5.74) is 2.36. The third-order valence-electron chi connectivity index (χ3n) is 5.96. The lowest BCUT2D eigenvalue weighted by Crippen LogP contribution is -2.39. The lowest BCUT2D eigenvalue weighted by Gasteiger charge is -2.24. The molecule has 4 nitrogen and oxygen atoms in total. The van der Waals surface area contributed by atoms with E-state index in [0.717, 1.165) is 51.0 Å². The predicted molar refractivity (Wildman–Crippen MR) is 110 cm³/mol. The Labute approximate surface area is 166 Å². The quantitative estimate of drug-likeness (QED) is 0.830. The molecule has 1 N–H and O–H groups in total. The molecule has 2 aliphatic heterocycles. The first-order valence-electron chi connectivity index (χ1n) is 10.3. The van der Waals surface area contributed by atoms with Gasteiger partial charge in [0.15, 0.2) is 0 Å². The second-order valence-corrected chi connectivity index (χ2v) is 7.92. The van der Waals surface area contributed by atoms with E-state index in [-0.39, 0.29) is 17.8 Å². The minimum Gasteiger partial charge on any atom is -0.371 e. The molecule has 148 valence electrons. The standard InChI is InChI=1S/C23H28FN3O/c24-20-10-8-19(9-11-20)22-7-4-13-27(22)17-23(28)25-15-18-12-14-26(16-18)21-5-2-1-3-6-21/h1-3,5-6,8-11,18,22H,4,7,12-17H2,(H,25,28)/t18-,22-/m1/s1. The van der Waals surface area contributed by atoms with Gasteiger partial charge >= 0.3 is 0 Å². The number of para-hydroxylation sites is 1. The largest absolute Gasteiger partial charge is 0.371 e. The van der Waals surface area contributed by atoms with Crippen LogP contribution in [-0.2, 0) is 4.79 Å². The van der Waals surface area contributed by atoms with Crippen LogP contribution in [0.4, 0.5) is 10.1 Å². The summed E-state index contributed by atoms with van der Waals surface area (Å²) in [7, 11) is 0. The number of carbonyl (C=O) groups is 1. The molecule has 4 rings (SSSR count). The van der Waals surface area contributed by atoms with Crippen molar-refractivity contribution >= 4 is 11.6 Å². The number of halogens is 1. The molecule has 5 heteroatoms. The highest BCUT2D eigenvalue weighted by atomic mass is 19.1. The van der Waals surface area contributed by atoms with E-state index < -0.39 is 0 Å². The van der Waals surface area contributed by atoms with Gasteiger partial charge in [0.2, 0.25) is 5.91 Å². The highest BCUT2D eigenvalue weighted by Gasteiger charge is 2.28. The van der Waals surface area contributed by atoms with E-state index in [1.807, 2.05) is 18.2 Å². The van der Waals surface area contributed by atoms with Crippen molar-refractivity contribution in [3.05, 3.63) is 66.0 Å². The molecule has 0 spiro atoms. The van der Waals surface area contributed by atoms with Crippen molar-refractivity contribution < 1.29 is 9.18 Å². The van der Waals surface area contributed by atoms with Gasteiger partial charge in [0.25, 0.3) is 0 Å². The molecule has 2 aliphatic rings. The van der Waals surface area contributed by atoms with Crippen LogP contribution in [0, 0.1) is 11.7 Å². The van der Waals surface area contributed by atoms with Crippen LogP contribution in [0.25, 0.3) is 0 Å². The smallest absolute Gasteiger partial charge is 0.234 e. The van der Waals surface area contributed by atoms with E-state index in [4.69, 9.17) is 0 Å². The van der Waals surface area contributed by atoms with Crippen LogP contribution in [0.2, 0.25) is 0 Å². The fourth-order valence-corrected chi connectivity index (χ4v) is 4.45. The summed E-state index contributed by atoms with van der Waals surface area (Å²) in [6, 6.07) is 17.4. The second-order valence-electron chi connectivity index (χ2n) is 7.92. The van der Waals surface area contributed by atoms with Gasteiger partial charge in [-0.3, -0.25) is 9.69 Å². The molecule has 0 saturated carbocycles. The van der Waals surface area contributed by atoms with E-state index in [1.54, 1.807) is 0 Å². The lowest BCUT2D eigenvalue weighted by molar-refractivity contribution is -0.122. The number of benzene rings is 2. The van der Waals surface area contributed by atoms with Crippen molar-refractivity contribution in [2.45, 2.75) is 25.3 Å². The normalized spacial score (nSPS) is 22.5. The molecule has 0 unspecified atom stereocenters. The number of anilines is 1. The number of rotatable bonds is 6. The molecular weight excluding hydrogens is 353 g/mol. The monoisotopic (exact) mass is 381 g/mol. The topological polar surface area (TPSA) is 35.6 Å². The summed E-state index contributed by atoms with van der Waals surface area (Å²) >= 11 is 0. The van der Waals surface area contributed by atoms with Gasteiger partial charge < -0.3 is 10.2 Å². The SMILES string of the molecule is O=C(CN1CCC[C@@H]1c1ccc(F)cc1)NC[C@H]1CCN(c2ccccc2)C1. The molecule has 2 aromatic rings. The zero-order chi connectivity index (χ0) is 19.3. The van der Waals surface area contributed by atoms with Gasteiger partial charge in [0.1, 0.15) is 5.82 Å². The van der Waals surface area contributed by atoms with E-state index in [1.165, 1.54) is 17.8 Å². The Morgan fingerprint density at radius 1 is 1.04 bits per heavy atom. The summed E-state index contributed by atoms with van der Waals surface area (Å²) in [6.07, 6.45) is 3.20. The minimum absolute atomic E-state index is 0.0900. The maximum Gasteiger partial charge on any atom is 0.234 e. The molecule has 0 aliphatic carbocycles. The number of likely N-dealkylation sites (tertiary alicyclic amines) is 1. The van der Waals surface area contributed by atoms with Gasteiger partial charge in [0.05, 0.1) is 6.54 Å². The van der Waals surface area contributed by atoms with Crippen LogP contribution in [0.3, 0.4) is 0 Å². The first-order valence-corrected chi connectivity index (χ1v) is 10.3. The fourth-order valence-electron chi connectivity index (χ4n) is 4.45. The maximum absolute atomic E-state index is 13.2. The van der Waals surface area contributed by atoms with Crippen molar-refractivity contribution in [2.24, 2.45) is 5.92 Å². The summed E-state index contributed by atoms with van der Waals surface area (Å²) in [4.78, 5) is 17.1. The van der Waals surface area contributed by atoms with E-state index >= 15 is 0 Å². The van der Waals surface area contributed by atoms with Crippen molar-refractivity contribution in [1.82, 2.24) is 10.2 Å². The molecule has 0 bridgehead atoms. The summed E-state index contributed by atoms with van der Waals surface area (Å²) in [5, 5.41) is 3.14. The Morgan fingerprint density at radius 3 is 2.61 bits per heavy atom. The van der Waals surface area contributed by atoms with Crippen LogP contribution in [-0.4, -0.2) is 43.5 Å². The number of carbonyl (C=O) groups excluding carboxylic acids is 1. The molecule has 2 saturated heterocycles. The van der Waals surface area contributed by atoms with Crippen LogP contribution in [0.15, 0.2) is 54.6 Å². The molecule has 2 atom stereocenters. The molecule has 0 aromatic heterocycles. The first kappa shape index (κ1) is 18.9. The summed E-state index contributed by atoms with van der Waals surface area (Å²) in [6.45, 7) is 4.10. The molecule has 2 heterocycles. The van der Waals surface area contributed by atoms with E-state index in [9.17, 15) is 9.18 Å². The number of hydrogen-bond acceptors (Lipinski definition) is 3. The zero-order valence-corrected chi connectivity index (χ0v) is 16.2. The van der Waals surface area contributed by atoms with Gasteiger partial charge in [0, 0.05) is 31.4 Å². The average Bonchev–Trinajstić information content (AvgIpc) is 3.37. The highest BCUT2D eigenvalue weighted by molar-refractivity contribution is 5.78. The first-order chi connectivity index (χ1) is 13.7. The third kappa shape index (κ3) is 4.53. The lowest BCUT2D eigenvalue weighted by atomic mass is 10.0. The molecular formula is C23H28FN3O. The number of hydrogen-bond donors (Lipinski definition) is 1. The fraction of sp³-hybridized carbons (Fsp3) is 0.435. The van der Waals surface area contributed by atoms with Gasteiger partial charge in [-0.2, -0.15) is 0 Å². The predicted octanol–water partition coefficient (Wildman–Crippen LogP) is 3.61. The van der Waals surface area contributed by atoms with Crippen LogP contribution in [0.5, 0.6) is 0 Å². The molecule has 28 heavy (non-hydrogen) atoms. The van der Waals surface area contributed by atoms with E-state index in [2.05, 4.69) is 39.4 Å². The number of nitrogens with one attached hydrogen (secondary N) is 1. The van der Waals surface area contributed by atoms with Crippen molar-refractivity contribution in [1.29, 1.82) is 0 Å². The highest BCUT2D eigenvalue weighted by Crippen LogP contribution is 2.31. The summed E-state index contributed by atoms with van der Waals surface area (Å²) in [5.74, 6) is 0.370. The average molecular weight is 381 g/mol. The van der Waals surface area contributed by atoms with Crippen LogP contribution in [0.1, 0.15) is 30.9 Å². The van der Waals surface area contributed by atoms with Crippen LogP contribution < -0.4 is 10.2 Å². The Balaban J connectivity index is 1.25. The summed E-state index contributed by atoms with van der Waals surface area (Å²) < 4.78 is 13.2. The Bertz CT molecular complexity index is 780. The minimum atomic E-state index is -0.216. The van der Waals surface area contributed by atoms with Gasteiger partial charge in [-0.05, 0) is 61.6 Å². The van der Waals surface area contributed by atoms with E-state index in [0.29, 0.717) is 12.5 Å². The van der Waals surface area contributed by atoms with Crippen molar-refractivity contribution in [3.63, 3.8) is 0 Å². The Hall–Kier alpha value is -2.40. The third-order valence-corrected chi connectivity index (χ3v) is 5.96. The Kier molecular flexibility index (Phi) is 5.91. The van der Waals surface area contributed by atoms with Gasteiger partial charge in [-0.25, -0.2) is 4.39 Å². The second kappa shape index (κ2) is 8.74. The van der Waals surface area contributed by atoms with Crippen LogP contribution >= 0.6 is 0 Å². The number of nitrogens with zero attached hydrogens (tertiary/aromatic N) is 2. The Morgan fingerprint density at radius 2 is 1.82 bits per heavy atom. The van der Waals surface area contributed by atoms with Gasteiger partial charge in [-0.15, -0.1) is 0 Å². The van der Waals surface area contributed by atoms with Crippen molar-refractivity contribution in [2.75, 3.05) is 37.6 Å². The van der Waals surface area contributed by atoms with Crippen molar-refractivity contribution in [3.8, 4) is 0 Å². The molecule has 2 fully saturated rings. The molecule has 0 radical (unpaired) electrons. The molecule has 1 amide bonds. The van der Waals surface area contributed by atoms with Gasteiger partial charge in [-0.1, -0.05) is 30.3 Å². The zero-order valence-electron chi connectivity index (χ0n) is 16.2.